The Kier molecular flexibility index (Phi) is 3.79. The fourth-order valence-corrected chi connectivity index (χ4v) is 1.85. The average Bonchev–Trinajstić information content (AvgIpc) is 2.41. The summed E-state index contributed by atoms with van der Waals surface area (Å²) >= 11 is 0. The number of anilines is 4. The minimum absolute atomic E-state index is 0.154. The van der Waals surface area contributed by atoms with Gasteiger partial charge in [0, 0.05) is 31.2 Å². The van der Waals surface area contributed by atoms with E-state index in [2.05, 4.69) is 5.32 Å². The number of nitrogens with zero attached hydrogens (tertiary/aromatic N) is 1. The monoisotopic (exact) mass is 271 g/mol. The van der Waals surface area contributed by atoms with Crippen LogP contribution in [0.25, 0.3) is 0 Å². The van der Waals surface area contributed by atoms with Crippen LogP contribution >= 0.6 is 0 Å². The molecule has 0 bridgehead atoms. The molecule has 5 nitrogen and oxygen atoms in total. The minimum atomic E-state index is -1.01. The number of carbonyl (C=O) groups is 1. The Hall–Kier alpha value is -2.69. The Balaban J connectivity index is 2.28. The van der Waals surface area contributed by atoms with Crippen LogP contribution in [0.15, 0.2) is 42.5 Å². The lowest BCUT2D eigenvalue weighted by Crippen LogP contribution is -2.08. The highest BCUT2D eigenvalue weighted by Crippen LogP contribution is 2.24. The zero-order chi connectivity index (χ0) is 14.7. The molecule has 2 rings (SSSR count). The maximum absolute atomic E-state index is 11.2. The molecule has 0 saturated heterocycles. The molecule has 0 radical (unpaired) electrons. The van der Waals surface area contributed by atoms with Gasteiger partial charge in [0.05, 0.1) is 11.3 Å². The number of carboxylic acids is 1. The summed E-state index contributed by atoms with van der Waals surface area (Å²) in [6.07, 6.45) is 0. The molecule has 4 N–H and O–H groups in total. The molecule has 0 fully saturated rings. The molecule has 0 amide bonds. The summed E-state index contributed by atoms with van der Waals surface area (Å²) < 4.78 is 0. The summed E-state index contributed by atoms with van der Waals surface area (Å²) in [7, 11) is 3.93. The molecular weight excluding hydrogens is 254 g/mol. The molecule has 20 heavy (non-hydrogen) atoms. The second-order valence-corrected chi connectivity index (χ2v) is 4.68. The molecule has 0 aliphatic heterocycles. The normalized spacial score (nSPS) is 10.1. The molecule has 2 aromatic carbocycles. The Bertz CT molecular complexity index is 622. The number of aromatic carboxylic acids is 1. The van der Waals surface area contributed by atoms with Crippen LogP contribution in [0.5, 0.6) is 0 Å². The minimum Gasteiger partial charge on any atom is -0.478 e. The van der Waals surface area contributed by atoms with Crippen molar-refractivity contribution in [1.29, 1.82) is 0 Å². The molecule has 5 heteroatoms. The van der Waals surface area contributed by atoms with Crippen molar-refractivity contribution in [2.24, 2.45) is 0 Å². The van der Waals surface area contributed by atoms with Crippen molar-refractivity contribution in [3.8, 4) is 0 Å². The number of nitrogens with two attached hydrogens (primary N) is 1. The van der Waals surface area contributed by atoms with Crippen LogP contribution in [0.4, 0.5) is 22.7 Å². The second-order valence-electron chi connectivity index (χ2n) is 4.68. The molecule has 0 aliphatic carbocycles. The topological polar surface area (TPSA) is 78.6 Å². The van der Waals surface area contributed by atoms with E-state index in [4.69, 9.17) is 5.73 Å². The standard InChI is InChI=1S/C15H17N3O2/c1-18(2)12-6-4-11(5-7-12)17-14-8-3-10(16)9-13(14)15(19)20/h3-9,17H,16H2,1-2H3,(H,19,20). The van der Waals surface area contributed by atoms with Crippen LogP contribution in [-0.2, 0) is 0 Å². The van der Waals surface area contributed by atoms with Gasteiger partial charge in [-0.3, -0.25) is 0 Å². The Morgan fingerprint density at radius 1 is 1.15 bits per heavy atom. The first-order chi connectivity index (χ1) is 9.47. The van der Waals surface area contributed by atoms with Gasteiger partial charge in [0.1, 0.15) is 0 Å². The SMILES string of the molecule is CN(C)c1ccc(Nc2ccc(N)cc2C(=O)O)cc1. The van der Waals surface area contributed by atoms with Gasteiger partial charge in [-0.15, -0.1) is 0 Å². The van der Waals surface area contributed by atoms with E-state index in [1.54, 1.807) is 12.1 Å². The lowest BCUT2D eigenvalue weighted by Gasteiger charge is -2.14. The third kappa shape index (κ3) is 3.00. The lowest BCUT2D eigenvalue weighted by atomic mass is 10.1. The fourth-order valence-electron chi connectivity index (χ4n) is 1.85. The van der Waals surface area contributed by atoms with Gasteiger partial charge >= 0.3 is 5.97 Å². The fraction of sp³-hybridized carbons (Fsp3) is 0.133. The van der Waals surface area contributed by atoms with E-state index in [-0.39, 0.29) is 5.56 Å². The van der Waals surface area contributed by atoms with Gasteiger partial charge in [0.15, 0.2) is 0 Å². The van der Waals surface area contributed by atoms with Crippen molar-refractivity contribution >= 4 is 28.7 Å². The highest BCUT2D eigenvalue weighted by Gasteiger charge is 2.10. The number of hydrogen-bond acceptors (Lipinski definition) is 4. The Morgan fingerprint density at radius 3 is 2.35 bits per heavy atom. The van der Waals surface area contributed by atoms with Gasteiger partial charge < -0.3 is 21.1 Å². The number of benzene rings is 2. The molecular formula is C15H17N3O2. The maximum Gasteiger partial charge on any atom is 0.337 e. The van der Waals surface area contributed by atoms with Crippen LogP contribution in [0.1, 0.15) is 10.4 Å². The molecule has 0 atom stereocenters. The van der Waals surface area contributed by atoms with Crippen LogP contribution in [0.3, 0.4) is 0 Å². The maximum atomic E-state index is 11.2. The first-order valence-electron chi connectivity index (χ1n) is 6.14. The van der Waals surface area contributed by atoms with Crippen LogP contribution in [0.2, 0.25) is 0 Å². The zero-order valence-corrected chi connectivity index (χ0v) is 11.4. The highest BCUT2D eigenvalue weighted by atomic mass is 16.4. The first-order valence-corrected chi connectivity index (χ1v) is 6.14. The lowest BCUT2D eigenvalue weighted by molar-refractivity contribution is 0.0698. The molecule has 0 saturated carbocycles. The number of nitrogen functional groups attached to an aromatic ring is 1. The van der Waals surface area contributed by atoms with Crippen LogP contribution in [-0.4, -0.2) is 25.2 Å². The second kappa shape index (κ2) is 5.52. The number of nitrogens with one attached hydrogen (secondary N) is 1. The van der Waals surface area contributed by atoms with Crippen molar-refractivity contribution in [2.75, 3.05) is 30.0 Å². The van der Waals surface area contributed by atoms with Gasteiger partial charge in [0.25, 0.3) is 0 Å². The van der Waals surface area contributed by atoms with E-state index in [0.717, 1.165) is 11.4 Å². The quantitative estimate of drug-likeness (QED) is 0.745. The van der Waals surface area contributed by atoms with Gasteiger partial charge in [-0.2, -0.15) is 0 Å². The Morgan fingerprint density at radius 2 is 1.80 bits per heavy atom. The van der Waals surface area contributed by atoms with E-state index >= 15 is 0 Å². The van der Waals surface area contributed by atoms with Gasteiger partial charge in [-0.05, 0) is 42.5 Å². The van der Waals surface area contributed by atoms with Gasteiger partial charge in [0.2, 0.25) is 0 Å². The molecule has 0 spiro atoms. The molecule has 0 aliphatic rings. The summed E-state index contributed by atoms with van der Waals surface area (Å²) in [6.45, 7) is 0. The van der Waals surface area contributed by atoms with E-state index in [1.807, 2.05) is 43.3 Å². The molecule has 2 aromatic rings. The van der Waals surface area contributed by atoms with Gasteiger partial charge in [-0.1, -0.05) is 0 Å². The van der Waals surface area contributed by atoms with Crippen molar-refractivity contribution < 1.29 is 9.90 Å². The predicted molar refractivity (Wildman–Crippen MR) is 81.9 cm³/mol. The first kappa shape index (κ1) is 13.7. The summed E-state index contributed by atoms with van der Waals surface area (Å²) in [5, 5.41) is 12.3. The van der Waals surface area contributed by atoms with Crippen molar-refractivity contribution in [2.45, 2.75) is 0 Å². The summed E-state index contributed by atoms with van der Waals surface area (Å²) in [6, 6.07) is 12.5. The summed E-state index contributed by atoms with van der Waals surface area (Å²) in [5.74, 6) is -1.01. The molecule has 0 heterocycles. The molecule has 104 valence electrons. The summed E-state index contributed by atoms with van der Waals surface area (Å²) in [5.41, 5.74) is 8.61. The van der Waals surface area contributed by atoms with E-state index in [1.165, 1.54) is 6.07 Å². The van der Waals surface area contributed by atoms with Gasteiger partial charge in [-0.25, -0.2) is 4.79 Å². The van der Waals surface area contributed by atoms with Crippen LogP contribution in [0, 0.1) is 0 Å². The predicted octanol–water partition coefficient (Wildman–Crippen LogP) is 2.78. The van der Waals surface area contributed by atoms with E-state index in [9.17, 15) is 9.90 Å². The molecule has 0 unspecified atom stereocenters. The largest absolute Gasteiger partial charge is 0.478 e. The van der Waals surface area contributed by atoms with E-state index < -0.39 is 5.97 Å². The van der Waals surface area contributed by atoms with Crippen molar-refractivity contribution in [3.63, 3.8) is 0 Å². The zero-order valence-electron chi connectivity index (χ0n) is 11.4. The number of hydrogen-bond donors (Lipinski definition) is 3. The van der Waals surface area contributed by atoms with Crippen molar-refractivity contribution in [1.82, 2.24) is 0 Å². The number of carboxylic acid groups (broad SMARTS) is 1. The third-order valence-electron chi connectivity index (χ3n) is 2.94. The van der Waals surface area contributed by atoms with E-state index in [0.29, 0.717) is 11.4 Å². The third-order valence-corrected chi connectivity index (χ3v) is 2.94. The smallest absolute Gasteiger partial charge is 0.337 e. The van der Waals surface area contributed by atoms with Crippen molar-refractivity contribution in [3.05, 3.63) is 48.0 Å². The Labute approximate surface area is 117 Å². The highest BCUT2D eigenvalue weighted by molar-refractivity contribution is 5.96. The number of rotatable bonds is 4. The van der Waals surface area contributed by atoms with Crippen LogP contribution < -0.4 is 16.0 Å². The molecule has 0 aromatic heterocycles. The average molecular weight is 271 g/mol. The summed E-state index contributed by atoms with van der Waals surface area (Å²) in [4.78, 5) is 13.2.